The summed E-state index contributed by atoms with van der Waals surface area (Å²) < 4.78 is 11.5. The molecule has 0 aliphatic rings. The predicted molar refractivity (Wildman–Crippen MR) is 111 cm³/mol. The number of hydrogen-bond donors (Lipinski definition) is 1. The van der Waals surface area contributed by atoms with Gasteiger partial charge in [-0.3, -0.25) is 0 Å². The number of aryl methyl sites for hydroxylation is 1. The van der Waals surface area contributed by atoms with Crippen molar-refractivity contribution in [2.45, 2.75) is 23.5 Å². The molecule has 3 nitrogen and oxygen atoms in total. The average molecular weight is 381 g/mol. The van der Waals surface area contributed by atoms with E-state index in [1.54, 1.807) is 7.11 Å². The Morgan fingerprint density at radius 2 is 1.59 bits per heavy atom. The van der Waals surface area contributed by atoms with Gasteiger partial charge in [0.25, 0.3) is 0 Å². The Hall–Kier alpha value is -2.43. The molecular formula is C23H24O3S. The van der Waals surface area contributed by atoms with Crippen molar-refractivity contribution < 1.29 is 14.6 Å². The molecule has 0 atom stereocenters. The van der Waals surface area contributed by atoms with Gasteiger partial charge in [-0.2, -0.15) is 0 Å². The molecule has 140 valence electrons. The third-order valence-electron chi connectivity index (χ3n) is 4.15. The first-order valence-electron chi connectivity index (χ1n) is 9.01. The molecule has 0 bridgehead atoms. The summed E-state index contributed by atoms with van der Waals surface area (Å²) in [6.45, 7) is 0.185. The molecule has 0 aromatic heterocycles. The number of methoxy groups -OCH3 is 1. The Labute approximate surface area is 165 Å². The summed E-state index contributed by atoms with van der Waals surface area (Å²) in [6, 6.07) is 24.4. The predicted octanol–water partition coefficient (Wildman–Crippen LogP) is 5.70. The van der Waals surface area contributed by atoms with E-state index in [4.69, 9.17) is 14.6 Å². The van der Waals surface area contributed by atoms with Crippen LogP contribution in [0.4, 0.5) is 0 Å². The second-order valence-electron chi connectivity index (χ2n) is 6.16. The molecule has 0 saturated carbocycles. The van der Waals surface area contributed by atoms with E-state index in [0.29, 0.717) is 11.5 Å². The molecule has 3 rings (SSSR count). The minimum absolute atomic E-state index is 0.185. The van der Waals surface area contributed by atoms with Crippen LogP contribution in [0.25, 0.3) is 0 Å². The molecule has 0 heterocycles. The number of ether oxygens (including phenoxy) is 2. The first-order chi connectivity index (χ1) is 13.3. The van der Waals surface area contributed by atoms with Crippen molar-refractivity contribution in [2.75, 3.05) is 13.7 Å². The second-order valence-corrected chi connectivity index (χ2v) is 7.21. The molecular weight excluding hydrogens is 356 g/mol. The Kier molecular flexibility index (Phi) is 7.19. The Balaban J connectivity index is 1.65. The van der Waals surface area contributed by atoms with Crippen LogP contribution in [0.5, 0.6) is 17.2 Å². The number of aliphatic hydroxyl groups is 1. The van der Waals surface area contributed by atoms with Gasteiger partial charge in [0.15, 0.2) is 11.5 Å². The molecule has 3 aromatic rings. The van der Waals surface area contributed by atoms with Crippen molar-refractivity contribution in [1.29, 1.82) is 0 Å². The fourth-order valence-corrected chi connectivity index (χ4v) is 3.58. The van der Waals surface area contributed by atoms with Crippen LogP contribution in [-0.2, 0) is 12.2 Å². The van der Waals surface area contributed by atoms with Gasteiger partial charge in [-0.1, -0.05) is 36.4 Å². The van der Waals surface area contributed by atoms with Gasteiger partial charge in [0, 0.05) is 17.3 Å². The van der Waals surface area contributed by atoms with E-state index < -0.39 is 0 Å². The molecule has 0 saturated heterocycles. The molecule has 0 aliphatic heterocycles. The molecule has 0 aliphatic carbocycles. The van der Waals surface area contributed by atoms with E-state index in [9.17, 15) is 0 Å². The molecule has 0 unspecified atom stereocenters. The monoisotopic (exact) mass is 380 g/mol. The van der Waals surface area contributed by atoms with Crippen molar-refractivity contribution in [2.24, 2.45) is 0 Å². The lowest BCUT2D eigenvalue weighted by Gasteiger charge is -2.12. The Morgan fingerprint density at radius 3 is 2.30 bits per heavy atom. The highest BCUT2D eigenvalue weighted by molar-refractivity contribution is 7.98. The summed E-state index contributed by atoms with van der Waals surface area (Å²) in [5.41, 5.74) is 2.37. The summed E-state index contributed by atoms with van der Waals surface area (Å²) in [6.07, 6.45) is 1.55. The smallest absolute Gasteiger partial charge is 0.169 e. The minimum atomic E-state index is 0.185. The summed E-state index contributed by atoms with van der Waals surface area (Å²) in [5.74, 6) is 3.09. The molecule has 3 aromatic carbocycles. The maximum Gasteiger partial charge on any atom is 0.169 e. The van der Waals surface area contributed by atoms with Crippen molar-refractivity contribution in [3.8, 4) is 17.2 Å². The van der Waals surface area contributed by atoms with Crippen LogP contribution in [0.15, 0.2) is 77.7 Å². The van der Waals surface area contributed by atoms with Crippen LogP contribution in [0.2, 0.25) is 0 Å². The van der Waals surface area contributed by atoms with Gasteiger partial charge in [0.2, 0.25) is 0 Å². The number of aliphatic hydroxyl groups excluding tert-OH is 1. The third-order valence-corrected chi connectivity index (χ3v) is 5.23. The zero-order chi connectivity index (χ0) is 18.9. The van der Waals surface area contributed by atoms with Crippen LogP contribution in [0.3, 0.4) is 0 Å². The second kappa shape index (κ2) is 10.0. The van der Waals surface area contributed by atoms with Crippen molar-refractivity contribution >= 4 is 11.8 Å². The SMILES string of the molecule is COc1ccc(CCCO)cc1Oc1ccc(CSc2ccccc2)cc1. The molecule has 0 fully saturated rings. The van der Waals surface area contributed by atoms with Gasteiger partial charge in [0.05, 0.1) is 7.11 Å². The minimum Gasteiger partial charge on any atom is -0.493 e. The number of thioether (sulfide) groups is 1. The molecule has 27 heavy (non-hydrogen) atoms. The van der Waals surface area contributed by atoms with Crippen molar-refractivity contribution in [3.63, 3.8) is 0 Å². The highest BCUT2D eigenvalue weighted by Crippen LogP contribution is 2.33. The van der Waals surface area contributed by atoms with Gasteiger partial charge in [-0.05, 0) is 60.4 Å². The van der Waals surface area contributed by atoms with Gasteiger partial charge < -0.3 is 14.6 Å². The highest BCUT2D eigenvalue weighted by atomic mass is 32.2. The van der Waals surface area contributed by atoms with Crippen molar-refractivity contribution in [1.82, 2.24) is 0 Å². The van der Waals surface area contributed by atoms with Crippen LogP contribution in [0.1, 0.15) is 17.5 Å². The van der Waals surface area contributed by atoms with E-state index in [2.05, 4.69) is 36.4 Å². The van der Waals surface area contributed by atoms with E-state index in [-0.39, 0.29) is 6.61 Å². The summed E-state index contributed by atoms with van der Waals surface area (Å²) in [5, 5.41) is 9.02. The largest absolute Gasteiger partial charge is 0.493 e. The van der Waals surface area contributed by atoms with Crippen LogP contribution in [-0.4, -0.2) is 18.8 Å². The topological polar surface area (TPSA) is 38.7 Å². The molecule has 0 amide bonds. The first-order valence-corrected chi connectivity index (χ1v) is 9.99. The molecule has 0 spiro atoms. The summed E-state index contributed by atoms with van der Waals surface area (Å²) >= 11 is 1.82. The summed E-state index contributed by atoms with van der Waals surface area (Å²) in [4.78, 5) is 1.27. The fraction of sp³-hybridized carbons (Fsp3) is 0.217. The quantitative estimate of drug-likeness (QED) is 0.483. The average Bonchev–Trinajstić information content (AvgIpc) is 2.72. The molecule has 0 radical (unpaired) electrons. The zero-order valence-electron chi connectivity index (χ0n) is 15.4. The standard InChI is InChI=1S/C23H24O3S/c1-25-22-14-11-18(6-5-15-24)16-23(22)26-20-12-9-19(10-13-20)17-27-21-7-3-2-4-8-21/h2-4,7-14,16,24H,5-6,15,17H2,1H3. The zero-order valence-corrected chi connectivity index (χ0v) is 16.2. The maximum atomic E-state index is 9.02. The lowest BCUT2D eigenvalue weighted by Crippen LogP contribution is -1.94. The van der Waals surface area contributed by atoms with Gasteiger partial charge in [-0.25, -0.2) is 0 Å². The number of hydrogen-bond acceptors (Lipinski definition) is 4. The van der Waals surface area contributed by atoms with Gasteiger partial charge in [0.1, 0.15) is 5.75 Å². The van der Waals surface area contributed by atoms with Crippen LogP contribution < -0.4 is 9.47 Å². The lowest BCUT2D eigenvalue weighted by molar-refractivity contribution is 0.288. The fourth-order valence-electron chi connectivity index (χ4n) is 2.70. The lowest BCUT2D eigenvalue weighted by atomic mass is 10.1. The van der Waals surface area contributed by atoms with E-state index in [1.807, 2.05) is 48.2 Å². The molecule has 4 heteroatoms. The molecule has 1 N–H and O–H groups in total. The van der Waals surface area contributed by atoms with Crippen molar-refractivity contribution in [3.05, 3.63) is 83.9 Å². The van der Waals surface area contributed by atoms with Gasteiger partial charge in [-0.15, -0.1) is 11.8 Å². The maximum absolute atomic E-state index is 9.02. The first kappa shape index (κ1) is 19.3. The Bertz CT molecular complexity index is 832. The Morgan fingerprint density at radius 1 is 0.852 bits per heavy atom. The van der Waals surface area contributed by atoms with E-state index >= 15 is 0 Å². The summed E-state index contributed by atoms with van der Waals surface area (Å²) in [7, 11) is 1.64. The number of rotatable bonds is 9. The van der Waals surface area contributed by atoms with Crippen LogP contribution >= 0.6 is 11.8 Å². The normalized spacial score (nSPS) is 10.6. The highest BCUT2D eigenvalue weighted by Gasteiger charge is 2.08. The third kappa shape index (κ3) is 5.78. The number of benzene rings is 3. The van der Waals surface area contributed by atoms with Gasteiger partial charge >= 0.3 is 0 Å². The van der Waals surface area contributed by atoms with E-state index in [0.717, 1.165) is 29.9 Å². The van der Waals surface area contributed by atoms with E-state index in [1.165, 1.54) is 10.5 Å². The van der Waals surface area contributed by atoms with Crippen LogP contribution in [0, 0.1) is 0 Å².